The van der Waals surface area contributed by atoms with E-state index in [4.69, 9.17) is 5.73 Å². The molecule has 0 bridgehead atoms. The van der Waals surface area contributed by atoms with Gasteiger partial charge in [0.2, 0.25) is 0 Å². The van der Waals surface area contributed by atoms with Crippen LogP contribution in [0.3, 0.4) is 0 Å². The smallest absolute Gasteiger partial charge is 0.0178 e. The maximum absolute atomic E-state index is 5.82. The van der Waals surface area contributed by atoms with Gasteiger partial charge in [0.15, 0.2) is 0 Å². The fraction of sp³-hybridized carbons (Fsp3) is 0.333. The predicted molar refractivity (Wildman–Crippen MR) is 56.8 cm³/mol. The van der Waals surface area contributed by atoms with E-state index in [2.05, 4.69) is 34.1 Å². The average Bonchev–Trinajstić information content (AvgIpc) is 2.27. The van der Waals surface area contributed by atoms with E-state index in [1.807, 2.05) is 0 Å². The molecule has 66 valence electrons. The van der Waals surface area contributed by atoms with Crippen molar-refractivity contribution in [3.05, 3.63) is 33.8 Å². The summed E-state index contributed by atoms with van der Waals surface area (Å²) in [6.45, 7) is 0. The highest BCUT2D eigenvalue weighted by Gasteiger charge is 2.17. The van der Waals surface area contributed by atoms with Crippen molar-refractivity contribution >= 4 is 28.3 Å². The number of nitrogens with two attached hydrogens (primary N) is 1. The van der Waals surface area contributed by atoms with Gasteiger partial charge in [0.05, 0.1) is 0 Å². The lowest BCUT2D eigenvalue weighted by molar-refractivity contribution is 0.721. The molecule has 0 aromatic heterocycles. The Kier molecular flexibility index (Phi) is 3.16. The fourth-order valence-corrected chi connectivity index (χ4v) is 2.03. The summed E-state index contributed by atoms with van der Waals surface area (Å²) in [5.41, 5.74) is 8.65. The van der Waals surface area contributed by atoms with E-state index in [0.29, 0.717) is 6.04 Å². The lowest BCUT2D eigenvalue weighted by atomic mass is 10.1. The first-order valence-corrected chi connectivity index (χ1v) is 4.58. The second-order valence-corrected chi connectivity index (χ2v) is 4.00. The van der Waals surface area contributed by atoms with Gasteiger partial charge in [-0.25, -0.2) is 0 Å². The van der Waals surface area contributed by atoms with Gasteiger partial charge >= 0.3 is 0 Å². The van der Waals surface area contributed by atoms with E-state index in [1.54, 1.807) is 0 Å². The Morgan fingerprint density at radius 2 is 1.92 bits per heavy atom. The van der Waals surface area contributed by atoms with Crippen molar-refractivity contribution in [3.8, 4) is 0 Å². The van der Waals surface area contributed by atoms with Gasteiger partial charge in [-0.3, -0.25) is 0 Å². The minimum absolute atomic E-state index is 0. The predicted octanol–water partition coefficient (Wildman–Crippen LogP) is 2.30. The number of benzene rings is 1. The molecular formula is C9H11BrClN. The zero-order valence-corrected chi connectivity index (χ0v) is 8.99. The minimum Gasteiger partial charge on any atom is -0.327 e. The van der Waals surface area contributed by atoms with E-state index in [9.17, 15) is 0 Å². The van der Waals surface area contributed by atoms with E-state index in [0.717, 1.165) is 17.3 Å². The fourth-order valence-electron chi connectivity index (χ4n) is 1.62. The zero-order valence-electron chi connectivity index (χ0n) is 6.59. The first-order valence-electron chi connectivity index (χ1n) is 3.78. The maximum Gasteiger partial charge on any atom is 0.0178 e. The SMILES string of the molecule is Cl.NC1Cc2ccc(Br)cc2C1. The molecular weight excluding hydrogens is 237 g/mol. The molecule has 1 aliphatic rings. The standard InChI is InChI=1S/C9H10BrN.ClH/c10-8-2-1-6-4-9(11)5-7(6)3-8;/h1-3,9H,4-5,11H2;1H. The number of hydrogen-bond donors (Lipinski definition) is 1. The van der Waals surface area contributed by atoms with Crippen molar-refractivity contribution < 1.29 is 0 Å². The Morgan fingerprint density at radius 1 is 1.25 bits per heavy atom. The van der Waals surface area contributed by atoms with Crippen LogP contribution in [0.2, 0.25) is 0 Å². The van der Waals surface area contributed by atoms with Gasteiger partial charge < -0.3 is 5.73 Å². The summed E-state index contributed by atoms with van der Waals surface area (Å²) >= 11 is 3.44. The summed E-state index contributed by atoms with van der Waals surface area (Å²) < 4.78 is 1.16. The summed E-state index contributed by atoms with van der Waals surface area (Å²) in [6.07, 6.45) is 2.08. The molecule has 0 saturated carbocycles. The van der Waals surface area contributed by atoms with Gasteiger partial charge in [-0.15, -0.1) is 12.4 Å². The molecule has 0 fully saturated rings. The quantitative estimate of drug-likeness (QED) is 0.749. The van der Waals surface area contributed by atoms with Crippen LogP contribution >= 0.6 is 28.3 Å². The molecule has 1 nitrogen and oxygen atoms in total. The molecule has 1 aromatic rings. The van der Waals surface area contributed by atoms with Gasteiger partial charge in [0.25, 0.3) is 0 Å². The molecule has 0 saturated heterocycles. The Labute approximate surface area is 86.9 Å². The van der Waals surface area contributed by atoms with Crippen molar-refractivity contribution in [2.24, 2.45) is 5.73 Å². The second kappa shape index (κ2) is 3.77. The third-order valence-electron chi connectivity index (χ3n) is 2.13. The van der Waals surface area contributed by atoms with Crippen LogP contribution in [0.25, 0.3) is 0 Å². The maximum atomic E-state index is 5.82. The molecule has 3 heteroatoms. The lowest BCUT2D eigenvalue weighted by Crippen LogP contribution is -2.18. The van der Waals surface area contributed by atoms with Crippen LogP contribution in [0.1, 0.15) is 11.1 Å². The van der Waals surface area contributed by atoms with Gasteiger partial charge in [-0.2, -0.15) is 0 Å². The summed E-state index contributed by atoms with van der Waals surface area (Å²) in [5.74, 6) is 0. The summed E-state index contributed by atoms with van der Waals surface area (Å²) in [6, 6.07) is 6.75. The second-order valence-electron chi connectivity index (χ2n) is 3.08. The molecule has 0 heterocycles. The third-order valence-corrected chi connectivity index (χ3v) is 2.63. The highest BCUT2D eigenvalue weighted by Crippen LogP contribution is 2.24. The normalized spacial score (nSPS) is 20.0. The Bertz CT molecular complexity index is 288. The number of hydrogen-bond acceptors (Lipinski definition) is 1. The summed E-state index contributed by atoms with van der Waals surface area (Å²) in [7, 11) is 0. The highest BCUT2D eigenvalue weighted by atomic mass is 79.9. The molecule has 1 atom stereocenters. The molecule has 12 heavy (non-hydrogen) atoms. The molecule has 1 unspecified atom stereocenters. The van der Waals surface area contributed by atoms with Gasteiger partial charge in [-0.05, 0) is 36.1 Å². The van der Waals surface area contributed by atoms with Crippen LogP contribution in [0.4, 0.5) is 0 Å². The van der Waals surface area contributed by atoms with E-state index >= 15 is 0 Å². The Hall–Kier alpha value is -0.0500. The van der Waals surface area contributed by atoms with Crippen LogP contribution in [-0.4, -0.2) is 6.04 Å². The molecule has 1 aliphatic carbocycles. The van der Waals surface area contributed by atoms with Crippen LogP contribution in [0, 0.1) is 0 Å². The van der Waals surface area contributed by atoms with E-state index < -0.39 is 0 Å². The molecule has 0 aliphatic heterocycles. The Balaban J connectivity index is 0.000000720. The van der Waals surface area contributed by atoms with Crippen LogP contribution in [0.15, 0.2) is 22.7 Å². The molecule has 1 aromatic carbocycles. The van der Waals surface area contributed by atoms with Crippen molar-refractivity contribution in [3.63, 3.8) is 0 Å². The van der Waals surface area contributed by atoms with Gasteiger partial charge in [0.1, 0.15) is 0 Å². The minimum atomic E-state index is 0. The summed E-state index contributed by atoms with van der Waals surface area (Å²) in [4.78, 5) is 0. The largest absolute Gasteiger partial charge is 0.327 e. The van der Waals surface area contributed by atoms with E-state index in [-0.39, 0.29) is 12.4 Å². The highest BCUT2D eigenvalue weighted by molar-refractivity contribution is 9.10. The van der Waals surface area contributed by atoms with Gasteiger partial charge in [0, 0.05) is 10.5 Å². The molecule has 0 spiro atoms. The van der Waals surface area contributed by atoms with Crippen molar-refractivity contribution in [2.45, 2.75) is 18.9 Å². The van der Waals surface area contributed by atoms with E-state index in [1.165, 1.54) is 11.1 Å². The van der Waals surface area contributed by atoms with Crippen molar-refractivity contribution in [1.82, 2.24) is 0 Å². The number of fused-ring (bicyclic) bond motifs is 1. The van der Waals surface area contributed by atoms with Crippen LogP contribution < -0.4 is 5.73 Å². The van der Waals surface area contributed by atoms with Gasteiger partial charge in [-0.1, -0.05) is 22.0 Å². The monoisotopic (exact) mass is 247 g/mol. The first-order chi connectivity index (χ1) is 5.25. The Morgan fingerprint density at radius 3 is 2.67 bits per heavy atom. The van der Waals surface area contributed by atoms with Crippen LogP contribution in [0.5, 0.6) is 0 Å². The van der Waals surface area contributed by atoms with Crippen molar-refractivity contribution in [2.75, 3.05) is 0 Å². The topological polar surface area (TPSA) is 26.0 Å². The molecule has 0 amide bonds. The number of rotatable bonds is 0. The average molecular weight is 249 g/mol. The zero-order chi connectivity index (χ0) is 7.84. The lowest BCUT2D eigenvalue weighted by Gasteiger charge is -1.96. The van der Waals surface area contributed by atoms with Crippen LogP contribution in [-0.2, 0) is 12.8 Å². The number of halogens is 2. The summed E-state index contributed by atoms with van der Waals surface area (Å²) in [5, 5.41) is 0. The first kappa shape index (κ1) is 10.0. The molecule has 0 radical (unpaired) electrons. The third kappa shape index (κ3) is 1.82. The van der Waals surface area contributed by atoms with Crippen molar-refractivity contribution in [1.29, 1.82) is 0 Å². The molecule has 2 rings (SSSR count). The molecule has 2 N–H and O–H groups in total.